The topological polar surface area (TPSA) is 123 Å². The molecule has 2 aromatic carbocycles. The van der Waals surface area contributed by atoms with Crippen LogP contribution in [0.1, 0.15) is 17.0 Å². The number of hydrogen-bond acceptors (Lipinski definition) is 7. The fraction of sp³-hybridized carbons (Fsp3) is 0.0870. The minimum atomic E-state index is -0.778. The molecule has 0 saturated carbocycles. The molecule has 13 heteroatoms. The molecule has 0 unspecified atom stereocenters. The maximum atomic E-state index is 14.9. The molecule has 9 nitrogen and oxygen atoms in total. The van der Waals surface area contributed by atoms with Gasteiger partial charge in [-0.05, 0) is 35.9 Å². The van der Waals surface area contributed by atoms with Crippen LogP contribution in [0.4, 0.5) is 13.2 Å². The molecule has 3 heterocycles. The molecule has 2 N–H and O–H groups in total. The first-order valence-corrected chi connectivity index (χ1v) is 10.7. The van der Waals surface area contributed by atoms with E-state index in [2.05, 4.69) is 34.8 Å². The largest absolute Gasteiger partial charge is 0.473 e. The number of aromatic amines is 2. The molecule has 0 atom stereocenters. The lowest BCUT2D eigenvalue weighted by Crippen LogP contribution is -2.02. The van der Waals surface area contributed by atoms with Crippen LogP contribution < -0.4 is 10.5 Å². The number of halogens is 4. The minimum absolute atomic E-state index is 0.00326. The van der Waals surface area contributed by atoms with E-state index in [0.717, 1.165) is 12.1 Å². The van der Waals surface area contributed by atoms with Gasteiger partial charge in [0.15, 0.2) is 0 Å². The highest BCUT2D eigenvalue weighted by molar-refractivity contribution is 6.30. The third-order valence-corrected chi connectivity index (χ3v) is 5.30. The second-order valence-corrected chi connectivity index (χ2v) is 7.97. The standard InChI is InChI=1S/C23H14ClF3N6O3/c24-13-5-4-11(15(25)8-13)10-35-20-3-1-2-18(28-20)14-9-16(26)12(6-17(14)27)7-19-29-21(32-31-19)22-30-23(34)36-33-22/h1-6,8-9H,7,10H2,(H,29,31,32)(H,30,33,34). The number of nitrogens with zero attached hydrogens (tertiary/aromatic N) is 4. The smallest absolute Gasteiger partial charge is 0.439 e. The predicted molar refractivity (Wildman–Crippen MR) is 121 cm³/mol. The summed E-state index contributed by atoms with van der Waals surface area (Å²) in [4.78, 5) is 21.7. The summed E-state index contributed by atoms with van der Waals surface area (Å²) in [6.07, 6.45) is -0.110. The Labute approximate surface area is 204 Å². The van der Waals surface area contributed by atoms with Crippen molar-refractivity contribution in [1.82, 2.24) is 30.3 Å². The summed E-state index contributed by atoms with van der Waals surface area (Å²) in [5, 5.41) is 10.2. The van der Waals surface area contributed by atoms with Crippen LogP contribution in [0.25, 0.3) is 22.9 Å². The van der Waals surface area contributed by atoms with Gasteiger partial charge in [-0.3, -0.25) is 14.6 Å². The summed E-state index contributed by atoms with van der Waals surface area (Å²) >= 11 is 5.75. The van der Waals surface area contributed by atoms with E-state index in [1.165, 1.54) is 30.3 Å². The van der Waals surface area contributed by atoms with Gasteiger partial charge in [-0.25, -0.2) is 27.9 Å². The first-order valence-electron chi connectivity index (χ1n) is 10.4. The van der Waals surface area contributed by atoms with Crippen LogP contribution in [0.15, 0.2) is 57.8 Å². The van der Waals surface area contributed by atoms with Gasteiger partial charge in [0, 0.05) is 28.6 Å². The van der Waals surface area contributed by atoms with Gasteiger partial charge < -0.3 is 4.74 Å². The van der Waals surface area contributed by atoms with Crippen LogP contribution in [0, 0.1) is 17.5 Å². The van der Waals surface area contributed by atoms with Crippen molar-refractivity contribution in [2.45, 2.75) is 13.0 Å². The van der Waals surface area contributed by atoms with Crippen LogP contribution >= 0.6 is 11.6 Å². The van der Waals surface area contributed by atoms with Gasteiger partial charge in [0.1, 0.15) is 29.9 Å². The number of rotatable bonds is 7. The first kappa shape index (κ1) is 23.3. The van der Waals surface area contributed by atoms with Crippen molar-refractivity contribution in [3.63, 3.8) is 0 Å². The number of benzene rings is 2. The Morgan fingerprint density at radius 1 is 0.972 bits per heavy atom. The van der Waals surface area contributed by atoms with Gasteiger partial charge in [-0.1, -0.05) is 28.9 Å². The fourth-order valence-electron chi connectivity index (χ4n) is 3.34. The fourth-order valence-corrected chi connectivity index (χ4v) is 3.50. The van der Waals surface area contributed by atoms with E-state index in [-0.39, 0.29) is 63.8 Å². The molecule has 0 amide bonds. The van der Waals surface area contributed by atoms with Crippen LogP contribution in [0.3, 0.4) is 0 Å². The number of aromatic nitrogens is 6. The molecule has 3 aromatic heterocycles. The average molecular weight is 515 g/mol. The Hall–Kier alpha value is -4.45. The lowest BCUT2D eigenvalue weighted by molar-refractivity contribution is 0.288. The van der Waals surface area contributed by atoms with E-state index in [0.29, 0.717) is 0 Å². The number of hydrogen-bond donors (Lipinski definition) is 2. The Morgan fingerprint density at radius 3 is 2.58 bits per heavy atom. The molecule has 0 fully saturated rings. The quantitative estimate of drug-likeness (QED) is 0.329. The molecule has 0 aliphatic rings. The second-order valence-electron chi connectivity index (χ2n) is 7.54. The summed E-state index contributed by atoms with van der Waals surface area (Å²) in [6.45, 7) is -0.128. The Morgan fingerprint density at radius 2 is 1.81 bits per heavy atom. The second kappa shape index (κ2) is 9.66. The van der Waals surface area contributed by atoms with Crippen molar-refractivity contribution < 1.29 is 22.4 Å². The number of nitrogens with one attached hydrogen (secondary N) is 2. The zero-order valence-corrected chi connectivity index (χ0v) is 18.8. The highest BCUT2D eigenvalue weighted by atomic mass is 35.5. The number of pyridine rings is 1. The van der Waals surface area contributed by atoms with Crippen LogP contribution in [0.2, 0.25) is 5.02 Å². The summed E-state index contributed by atoms with van der Waals surface area (Å²) < 4.78 is 53.7. The van der Waals surface area contributed by atoms with Crippen molar-refractivity contribution in [3.8, 4) is 28.8 Å². The van der Waals surface area contributed by atoms with E-state index in [1.54, 1.807) is 6.07 Å². The monoisotopic (exact) mass is 514 g/mol. The van der Waals surface area contributed by atoms with Gasteiger partial charge in [-0.2, -0.15) is 0 Å². The normalized spacial score (nSPS) is 11.1. The molecule has 0 aliphatic heterocycles. The molecule has 0 spiro atoms. The van der Waals surface area contributed by atoms with Crippen LogP contribution in [-0.4, -0.2) is 30.3 Å². The van der Waals surface area contributed by atoms with Gasteiger partial charge in [0.05, 0.1) is 5.69 Å². The van der Waals surface area contributed by atoms with Crippen molar-refractivity contribution in [3.05, 3.63) is 98.5 Å². The summed E-state index contributed by atoms with van der Waals surface area (Å²) in [7, 11) is 0. The Balaban J connectivity index is 1.33. The maximum Gasteiger partial charge on any atom is 0.439 e. The van der Waals surface area contributed by atoms with Crippen molar-refractivity contribution in [1.29, 1.82) is 0 Å². The lowest BCUT2D eigenvalue weighted by Gasteiger charge is -2.10. The molecule has 182 valence electrons. The number of H-pyrrole nitrogens is 2. The lowest BCUT2D eigenvalue weighted by atomic mass is 10.0. The van der Waals surface area contributed by atoms with Crippen molar-refractivity contribution in [2.24, 2.45) is 0 Å². The zero-order valence-electron chi connectivity index (χ0n) is 18.1. The minimum Gasteiger partial charge on any atom is -0.473 e. The average Bonchev–Trinajstić information content (AvgIpc) is 3.50. The van der Waals surface area contributed by atoms with E-state index in [9.17, 15) is 18.0 Å². The van der Waals surface area contributed by atoms with Gasteiger partial charge >= 0.3 is 5.76 Å². The Kier molecular flexibility index (Phi) is 6.25. The van der Waals surface area contributed by atoms with E-state index < -0.39 is 23.2 Å². The van der Waals surface area contributed by atoms with Crippen LogP contribution in [0.5, 0.6) is 5.88 Å². The molecular weight excluding hydrogens is 501 g/mol. The summed E-state index contributed by atoms with van der Waals surface area (Å²) in [5.41, 5.74) is 0.318. The first-order chi connectivity index (χ1) is 17.4. The predicted octanol–water partition coefficient (Wildman–Crippen LogP) is 4.45. The molecule has 0 aliphatic carbocycles. The third-order valence-electron chi connectivity index (χ3n) is 5.07. The van der Waals surface area contributed by atoms with E-state index in [4.69, 9.17) is 16.3 Å². The molecule has 36 heavy (non-hydrogen) atoms. The van der Waals surface area contributed by atoms with Gasteiger partial charge in [0.25, 0.3) is 0 Å². The summed E-state index contributed by atoms with van der Waals surface area (Å²) in [5.74, 6) is -2.38. The molecular formula is C23H14ClF3N6O3. The zero-order chi connectivity index (χ0) is 25.2. The highest BCUT2D eigenvalue weighted by Gasteiger charge is 2.17. The SMILES string of the molecule is O=c1[nH]c(-c2n[nH]c(Cc3cc(F)c(-c4cccc(OCc5ccc(Cl)cc5F)n4)cc3F)n2)no1. The van der Waals surface area contributed by atoms with Crippen molar-refractivity contribution in [2.75, 3.05) is 0 Å². The van der Waals surface area contributed by atoms with Crippen LogP contribution in [-0.2, 0) is 13.0 Å². The molecule has 0 radical (unpaired) electrons. The Bertz CT molecular complexity index is 1620. The third kappa shape index (κ3) is 4.98. The molecule has 0 saturated heterocycles. The van der Waals surface area contributed by atoms with Gasteiger partial charge in [-0.15, -0.1) is 5.10 Å². The van der Waals surface area contributed by atoms with E-state index in [1.807, 2.05) is 0 Å². The van der Waals surface area contributed by atoms with E-state index >= 15 is 0 Å². The molecule has 5 rings (SSSR count). The van der Waals surface area contributed by atoms with Crippen molar-refractivity contribution >= 4 is 11.6 Å². The highest BCUT2D eigenvalue weighted by Crippen LogP contribution is 2.27. The molecule has 0 bridgehead atoms. The maximum absolute atomic E-state index is 14.9. The van der Waals surface area contributed by atoms with Gasteiger partial charge in [0.2, 0.25) is 17.5 Å². The summed E-state index contributed by atoms with van der Waals surface area (Å²) in [6, 6.07) is 10.8. The number of ether oxygens (including phenoxy) is 1. The molecule has 5 aromatic rings.